The fourth-order valence-corrected chi connectivity index (χ4v) is 2.20. The van der Waals surface area contributed by atoms with Crippen molar-refractivity contribution in [2.45, 2.75) is 31.4 Å². The number of aliphatic hydroxyl groups is 1. The van der Waals surface area contributed by atoms with Crippen LogP contribution >= 0.6 is 0 Å². The molecule has 1 saturated heterocycles. The van der Waals surface area contributed by atoms with Crippen molar-refractivity contribution in [3.8, 4) is 5.75 Å². The van der Waals surface area contributed by atoms with Crippen LogP contribution in [0.3, 0.4) is 0 Å². The number of hydrogen-bond acceptors (Lipinski definition) is 3. The first-order valence-electron chi connectivity index (χ1n) is 5.70. The van der Waals surface area contributed by atoms with Gasteiger partial charge >= 0.3 is 0 Å². The van der Waals surface area contributed by atoms with Crippen molar-refractivity contribution in [2.24, 2.45) is 0 Å². The van der Waals surface area contributed by atoms with Gasteiger partial charge in [-0.1, -0.05) is 12.1 Å². The minimum atomic E-state index is -0.546. The molecule has 1 fully saturated rings. The van der Waals surface area contributed by atoms with E-state index < -0.39 is 5.60 Å². The second-order valence-corrected chi connectivity index (χ2v) is 4.73. The molecule has 0 saturated carbocycles. The summed E-state index contributed by atoms with van der Waals surface area (Å²) in [6, 6.07) is 8.27. The Morgan fingerprint density at radius 3 is 2.62 bits per heavy atom. The molecule has 0 radical (unpaired) electrons. The zero-order chi connectivity index (χ0) is 11.6. The molecular formula is C13H19NO2. The number of hydrogen-bond donors (Lipinski definition) is 2. The molecule has 2 N–H and O–H groups in total. The van der Waals surface area contributed by atoms with Crippen LogP contribution in [0.15, 0.2) is 24.3 Å². The van der Waals surface area contributed by atoms with Gasteiger partial charge in [0, 0.05) is 6.04 Å². The van der Waals surface area contributed by atoms with Crippen molar-refractivity contribution in [2.75, 3.05) is 13.7 Å². The molecule has 1 aromatic carbocycles. The van der Waals surface area contributed by atoms with Gasteiger partial charge in [-0.15, -0.1) is 0 Å². The van der Waals surface area contributed by atoms with Crippen LogP contribution in [0.25, 0.3) is 0 Å². The SMILES string of the molecule is COc1ccc(C2CC(C)(O)CCN2)cc1. The monoisotopic (exact) mass is 221 g/mol. The van der Waals surface area contributed by atoms with E-state index in [1.54, 1.807) is 7.11 Å². The fourth-order valence-electron chi connectivity index (χ4n) is 2.20. The van der Waals surface area contributed by atoms with Crippen LogP contribution in [0.2, 0.25) is 0 Å². The van der Waals surface area contributed by atoms with Gasteiger partial charge in [0.25, 0.3) is 0 Å². The van der Waals surface area contributed by atoms with Gasteiger partial charge in [0.15, 0.2) is 0 Å². The standard InChI is InChI=1S/C13H19NO2/c1-13(15)7-8-14-12(9-13)10-3-5-11(16-2)6-4-10/h3-6,12,14-15H,7-9H2,1-2H3. The van der Waals surface area contributed by atoms with E-state index in [1.165, 1.54) is 5.56 Å². The Kier molecular flexibility index (Phi) is 3.17. The first-order valence-corrected chi connectivity index (χ1v) is 5.70. The minimum absolute atomic E-state index is 0.245. The van der Waals surface area contributed by atoms with Crippen molar-refractivity contribution < 1.29 is 9.84 Å². The summed E-state index contributed by atoms with van der Waals surface area (Å²) in [6.07, 6.45) is 1.58. The lowest BCUT2D eigenvalue weighted by molar-refractivity contribution is 0.0132. The molecule has 1 aliphatic heterocycles. The lowest BCUT2D eigenvalue weighted by atomic mass is 9.86. The molecule has 1 aliphatic rings. The third-order valence-corrected chi connectivity index (χ3v) is 3.22. The van der Waals surface area contributed by atoms with Crippen LogP contribution in [0, 0.1) is 0 Å². The van der Waals surface area contributed by atoms with E-state index in [4.69, 9.17) is 4.74 Å². The highest BCUT2D eigenvalue weighted by Gasteiger charge is 2.30. The number of methoxy groups -OCH3 is 1. The number of benzene rings is 1. The Morgan fingerprint density at radius 1 is 1.38 bits per heavy atom. The van der Waals surface area contributed by atoms with Gasteiger partial charge < -0.3 is 15.2 Å². The lowest BCUT2D eigenvalue weighted by Crippen LogP contribution is -2.41. The van der Waals surface area contributed by atoms with E-state index in [1.807, 2.05) is 19.1 Å². The molecule has 2 unspecified atom stereocenters. The van der Waals surface area contributed by atoms with E-state index in [0.717, 1.165) is 25.1 Å². The van der Waals surface area contributed by atoms with Gasteiger partial charge in [0.2, 0.25) is 0 Å². The van der Waals surface area contributed by atoms with Crippen LogP contribution in [0.4, 0.5) is 0 Å². The van der Waals surface area contributed by atoms with Gasteiger partial charge in [-0.05, 0) is 44.0 Å². The van der Waals surface area contributed by atoms with Crippen molar-refractivity contribution in [3.63, 3.8) is 0 Å². The molecule has 1 heterocycles. The Hall–Kier alpha value is -1.06. The molecule has 1 aromatic rings. The second kappa shape index (κ2) is 4.44. The smallest absolute Gasteiger partial charge is 0.118 e. The van der Waals surface area contributed by atoms with Crippen LogP contribution in [0.1, 0.15) is 31.4 Å². The van der Waals surface area contributed by atoms with E-state index in [-0.39, 0.29) is 6.04 Å². The number of rotatable bonds is 2. The Bertz CT molecular complexity index is 345. The summed E-state index contributed by atoms with van der Waals surface area (Å²) in [5.74, 6) is 0.867. The van der Waals surface area contributed by atoms with Gasteiger partial charge in [-0.25, -0.2) is 0 Å². The number of ether oxygens (including phenoxy) is 1. The Balaban J connectivity index is 2.11. The van der Waals surface area contributed by atoms with Crippen molar-refractivity contribution in [1.82, 2.24) is 5.32 Å². The first-order chi connectivity index (χ1) is 7.61. The summed E-state index contributed by atoms with van der Waals surface area (Å²) in [5.41, 5.74) is 0.663. The summed E-state index contributed by atoms with van der Waals surface area (Å²) in [6.45, 7) is 2.77. The molecule has 88 valence electrons. The molecule has 0 aliphatic carbocycles. The van der Waals surface area contributed by atoms with Crippen LogP contribution in [-0.2, 0) is 0 Å². The average molecular weight is 221 g/mol. The second-order valence-electron chi connectivity index (χ2n) is 4.73. The number of nitrogens with one attached hydrogen (secondary N) is 1. The highest BCUT2D eigenvalue weighted by Crippen LogP contribution is 2.30. The van der Waals surface area contributed by atoms with E-state index >= 15 is 0 Å². The van der Waals surface area contributed by atoms with Gasteiger partial charge in [-0.2, -0.15) is 0 Å². The van der Waals surface area contributed by atoms with Crippen LogP contribution in [-0.4, -0.2) is 24.4 Å². The summed E-state index contributed by atoms with van der Waals surface area (Å²) in [4.78, 5) is 0. The van der Waals surface area contributed by atoms with E-state index in [0.29, 0.717) is 0 Å². The van der Waals surface area contributed by atoms with Gasteiger partial charge in [0.1, 0.15) is 5.75 Å². The Labute approximate surface area is 96.4 Å². The first kappa shape index (κ1) is 11.4. The topological polar surface area (TPSA) is 41.5 Å². The Morgan fingerprint density at radius 2 is 2.06 bits per heavy atom. The summed E-state index contributed by atoms with van der Waals surface area (Å²) >= 11 is 0. The maximum Gasteiger partial charge on any atom is 0.118 e. The molecule has 2 rings (SSSR count). The molecule has 0 amide bonds. The normalized spacial score (nSPS) is 30.1. The average Bonchev–Trinajstić information content (AvgIpc) is 2.28. The zero-order valence-electron chi connectivity index (χ0n) is 9.86. The van der Waals surface area contributed by atoms with E-state index in [2.05, 4.69) is 17.4 Å². The van der Waals surface area contributed by atoms with Crippen molar-refractivity contribution in [1.29, 1.82) is 0 Å². The molecular weight excluding hydrogens is 202 g/mol. The molecule has 16 heavy (non-hydrogen) atoms. The summed E-state index contributed by atoms with van der Waals surface area (Å²) in [7, 11) is 1.67. The third-order valence-electron chi connectivity index (χ3n) is 3.22. The quantitative estimate of drug-likeness (QED) is 0.801. The van der Waals surface area contributed by atoms with Gasteiger partial charge in [0.05, 0.1) is 12.7 Å². The number of piperidine rings is 1. The molecule has 0 aromatic heterocycles. The van der Waals surface area contributed by atoms with Gasteiger partial charge in [-0.3, -0.25) is 0 Å². The van der Waals surface area contributed by atoms with Crippen molar-refractivity contribution in [3.05, 3.63) is 29.8 Å². The zero-order valence-corrected chi connectivity index (χ0v) is 9.86. The molecule has 3 heteroatoms. The molecule has 3 nitrogen and oxygen atoms in total. The maximum absolute atomic E-state index is 10.0. The minimum Gasteiger partial charge on any atom is -0.497 e. The predicted molar refractivity (Wildman–Crippen MR) is 63.6 cm³/mol. The van der Waals surface area contributed by atoms with Crippen molar-refractivity contribution >= 4 is 0 Å². The third kappa shape index (κ3) is 2.54. The van der Waals surface area contributed by atoms with Crippen LogP contribution < -0.4 is 10.1 Å². The maximum atomic E-state index is 10.0. The lowest BCUT2D eigenvalue weighted by Gasteiger charge is -2.35. The largest absolute Gasteiger partial charge is 0.497 e. The highest BCUT2D eigenvalue weighted by molar-refractivity contribution is 5.29. The fraction of sp³-hybridized carbons (Fsp3) is 0.538. The molecule has 0 bridgehead atoms. The molecule has 2 atom stereocenters. The predicted octanol–water partition coefficient (Wildman–Crippen LogP) is 1.87. The summed E-state index contributed by atoms with van der Waals surface area (Å²) in [5, 5.41) is 13.5. The molecule has 0 spiro atoms. The summed E-state index contributed by atoms with van der Waals surface area (Å²) < 4.78 is 5.13. The van der Waals surface area contributed by atoms with Crippen LogP contribution in [0.5, 0.6) is 5.75 Å². The van der Waals surface area contributed by atoms with E-state index in [9.17, 15) is 5.11 Å². The highest BCUT2D eigenvalue weighted by atomic mass is 16.5.